The number of fused-ring (bicyclic) bond motifs is 7. The van der Waals surface area contributed by atoms with Crippen molar-refractivity contribution in [2.75, 3.05) is 0 Å². The van der Waals surface area contributed by atoms with Crippen LogP contribution in [0.3, 0.4) is 0 Å². The average Bonchev–Trinajstić information content (AvgIpc) is 3.59. The summed E-state index contributed by atoms with van der Waals surface area (Å²) < 4.78 is 5.12. The Morgan fingerprint density at radius 2 is 1.10 bits per heavy atom. The second kappa shape index (κ2) is 8.19. The number of nitrogens with zero attached hydrogens (tertiary/aromatic N) is 1. The van der Waals surface area contributed by atoms with E-state index in [2.05, 4.69) is 144 Å². The largest absolute Gasteiger partial charge is 0.309 e. The molecule has 8 aromatic carbocycles. The predicted molar refractivity (Wildman–Crippen MR) is 183 cm³/mol. The summed E-state index contributed by atoms with van der Waals surface area (Å²) in [6.45, 7) is 0. The van der Waals surface area contributed by atoms with Crippen LogP contribution < -0.4 is 0 Å². The minimum absolute atomic E-state index is 1.18. The van der Waals surface area contributed by atoms with E-state index in [9.17, 15) is 0 Å². The molecule has 0 aliphatic heterocycles. The molecule has 42 heavy (non-hydrogen) atoms. The van der Waals surface area contributed by atoms with E-state index in [1.54, 1.807) is 0 Å². The van der Waals surface area contributed by atoms with Gasteiger partial charge < -0.3 is 4.57 Å². The zero-order valence-electron chi connectivity index (χ0n) is 22.6. The molecule has 10 rings (SSSR count). The first-order valence-electron chi connectivity index (χ1n) is 14.4. The van der Waals surface area contributed by atoms with Gasteiger partial charge >= 0.3 is 0 Å². The Morgan fingerprint density at radius 1 is 0.381 bits per heavy atom. The molecule has 0 radical (unpaired) electrons. The van der Waals surface area contributed by atoms with Crippen molar-refractivity contribution in [2.24, 2.45) is 0 Å². The molecule has 0 saturated carbocycles. The summed E-state index contributed by atoms with van der Waals surface area (Å²) >= 11 is 1.88. The van der Waals surface area contributed by atoms with Crippen molar-refractivity contribution >= 4 is 85.6 Å². The summed E-state index contributed by atoms with van der Waals surface area (Å²) in [4.78, 5) is 0. The standard InChI is InChI=1S/C40H23NS/c1-3-10-33-31(8-1)39-34(22-23-36-40(39)32-9-2-4-11-35(32)42-36)41(33)28-18-14-24(15-19-28)29-20-16-27-13-12-25-6-5-7-26-17-21-30(29)38(27)37(25)26/h1-23H. The second-order valence-electron chi connectivity index (χ2n) is 11.3. The quantitative estimate of drug-likeness (QED) is 0.189. The van der Waals surface area contributed by atoms with E-state index < -0.39 is 0 Å². The lowest BCUT2D eigenvalue weighted by Crippen LogP contribution is -1.94. The molecular formula is C40H23NS. The van der Waals surface area contributed by atoms with Crippen molar-refractivity contribution in [3.8, 4) is 16.8 Å². The van der Waals surface area contributed by atoms with Gasteiger partial charge in [0.25, 0.3) is 0 Å². The van der Waals surface area contributed by atoms with Gasteiger partial charge in [0, 0.05) is 36.6 Å². The SMILES string of the molecule is c1cc2ccc3ccc(-c4ccc(-n5c6ccccc6c6c7c(ccc65)sc5ccccc57)cc4)c4ccc(c1)c2c34. The summed E-state index contributed by atoms with van der Waals surface area (Å²) in [7, 11) is 0. The van der Waals surface area contributed by atoms with Crippen molar-refractivity contribution in [2.45, 2.75) is 0 Å². The molecule has 0 atom stereocenters. The van der Waals surface area contributed by atoms with E-state index in [0.29, 0.717) is 0 Å². The maximum atomic E-state index is 2.43. The molecule has 0 saturated heterocycles. The molecule has 2 heteroatoms. The summed E-state index contributed by atoms with van der Waals surface area (Å²) in [5, 5.41) is 13.3. The van der Waals surface area contributed by atoms with Gasteiger partial charge in [-0.05, 0) is 79.8 Å². The molecule has 0 spiro atoms. The number of thiophene rings is 1. The van der Waals surface area contributed by atoms with Crippen molar-refractivity contribution in [3.05, 3.63) is 140 Å². The minimum atomic E-state index is 1.18. The van der Waals surface area contributed by atoms with Crippen LogP contribution in [0.25, 0.3) is 91.1 Å². The Kier molecular flexibility index (Phi) is 4.39. The maximum absolute atomic E-state index is 2.43. The van der Waals surface area contributed by atoms with E-state index in [1.807, 2.05) is 11.3 Å². The third-order valence-corrected chi connectivity index (χ3v) is 10.3. The molecule has 0 N–H and O–H groups in total. The van der Waals surface area contributed by atoms with Crippen LogP contribution >= 0.6 is 11.3 Å². The van der Waals surface area contributed by atoms with E-state index in [1.165, 1.54) is 91.1 Å². The third kappa shape index (κ3) is 2.92. The Hall–Kier alpha value is -5.18. The number of benzene rings is 8. The van der Waals surface area contributed by atoms with E-state index in [4.69, 9.17) is 0 Å². The Labute approximate surface area is 245 Å². The fourth-order valence-corrected chi connectivity index (χ4v) is 8.44. The van der Waals surface area contributed by atoms with Gasteiger partial charge in [-0.1, -0.05) is 103 Å². The minimum Gasteiger partial charge on any atom is -0.309 e. The van der Waals surface area contributed by atoms with Gasteiger partial charge in [0.1, 0.15) is 0 Å². The summed E-state index contributed by atoms with van der Waals surface area (Å²) in [5.41, 5.74) is 6.19. The van der Waals surface area contributed by atoms with Crippen LogP contribution in [0, 0.1) is 0 Å². The van der Waals surface area contributed by atoms with Gasteiger partial charge in [0.05, 0.1) is 11.0 Å². The number of aromatic nitrogens is 1. The number of para-hydroxylation sites is 1. The van der Waals surface area contributed by atoms with E-state index in [-0.39, 0.29) is 0 Å². The number of hydrogen-bond donors (Lipinski definition) is 0. The summed E-state index contributed by atoms with van der Waals surface area (Å²) in [5.74, 6) is 0. The molecule has 194 valence electrons. The van der Waals surface area contributed by atoms with Crippen LogP contribution in [-0.2, 0) is 0 Å². The first kappa shape index (κ1) is 22.5. The molecule has 0 fully saturated rings. The lowest BCUT2D eigenvalue weighted by Gasteiger charge is -2.15. The fourth-order valence-electron chi connectivity index (χ4n) is 7.33. The van der Waals surface area contributed by atoms with E-state index in [0.717, 1.165) is 0 Å². The number of hydrogen-bond acceptors (Lipinski definition) is 1. The zero-order valence-corrected chi connectivity index (χ0v) is 23.5. The molecule has 2 heterocycles. The molecular weight excluding hydrogens is 527 g/mol. The monoisotopic (exact) mass is 549 g/mol. The maximum Gasteiger partial charge on any atom is 0.0548 e. The first-order chi connectivity index (χ1) is 20.8. The van der Waals surface area contributed by atoms with Crippen molar-refractivity contribution in [1.82, 2.24) is 4.57 Å². The second-order valence-corrected chi connectivity index (χ2v) is 12.4. The molecule has 0 aliphatic carbocycles. The molecule has 2 aromatic heterocycles. The van der Waals surface area contributed by atoms with Gasteiger partial charge in [0.15, 0.2) is 0 Å². The highest BCUT2D eigenvalue weighted by Gasteiger charge is 2.18. The molecule has 0 unspecified atom stereocenters. The lowest BCUT2D eigenvalue weighted by molar-refractivity contribution is 1.18. The highest BCUT2D eigenvalue weighted by molar-refractivity contribution is 7.26. The van der Waals surface area contributed by atoms with Crippen LogP contribution in [0.4, 0.5) is 0 Å². The van der Waals surface area contributed by atoms with Gasteiger partial charge in [-0.2, -0.15) is 0 Å². The van der Waals surface area contributed by atoms with E-state index >= 15 is 0 Å². The zero-order chi connectivity index (χ0) is 27.4. The smallest absolute Gasteiger partial charge is 0.0548 e. The lowest BCUT2D eigenvalue weighted by atomic mass is 9.90. The van der Waals surface area contributed by atoms with Crippen LogP contribution in [0.1, 0.15) is 0 Å². The van der Waals surface area contributed by atoms with Gasteiger partial charge in [0.2, 0.25) is 0 Å². The molecule has 0 amide bonds. The van der Waals surface area contributed by atoms with Gasteiger partial charge in [-0.25, -0.2) is 0 Å². The van der Waals surface area contributed by atoms with Crippen molar-refractivity contribution < 1.29 is 0 Å². The topological polar surface area (TPSA) is 4.93 Å². The van der Waals surface area contributed by atoms with Crippen LogP contribution in [0.5, 0.6) is 0 Å². The molecule has 0 aliphatic rings. The van der Waals surface area contributed by atoms with Gasteiger partial charge in [-0.15, -0.1) is 11.3 Å². The average molecular weight is 550 g/mol. The van der Waals surface area contributed by atoms with Crippen molar-refractivity contribution in [3.63, 3.8) is 0 Å². The van der Waals surface area contributed by atoms with Crippen molar-refractivity contribution in [1.29, 1.82) is 0 Å². The Balaban J connectivity index is 1.20. The Bertz CT molecular complexity index is 2650. The van der Waals surface area contributed by atoms with Crippen LogP contribution in [-0.4, -0.2) is 4.57 Å². The first-order valence-corrected chi connectivity index (χ1v) is 15.3. The highest BCUT2D eigenvalue weighted by atomic mass is 32.1. The fraction of sp³-hybridized carbons (Fsp3) is 0. The molecule has 0 bridgehead atoms. The van der Waals surface area contributed by atoms with Crippen LogP contribution in [0.2, 0.25) is 0 Å². The highest BCUT2D eigenvalue weighted by Crippen LogP contribution is 2.44. The molecule has 10 aromatic rings. The normalized spacial score (nSPS) is 12.3. The summed E-state index contributed by atoms with van der Waals surface area (Å²) in [6, 6.07) is 51.7. The predicted octanol–water partition coefficient (Wildman–Crippen LogP) is 11.7. The Morgan fingerprint density at radius 3 is 1.95 bits per heavy atom. The van der Waals surface area contributed by atoms with Crippen LogP contribution in [0.15, 0.2) is 140 Å². The molecule has 1 nitrogen and oxygen atoms in total. The summed E-state index contributed by atoms with van der Waals surface area (Å²) in [6.07, 6.45) is 0. The number of rotatable bonds is 2. The third-order valence-electron chi connectivity index (χ3n) is 9.14. The van der Waals surface area contributed by atoms with Gasteiger partial charge in [-0.3, -0.25) is 0 Å².